The van der Waals surface area contributed by atoms with Gasteiger partial charge in [0, 0.05) is 24.2 Å². The molecule has 0 aliphatic rings. The van der Waals surface area contributed by atoms with Gasteiger partial charge in [0.25, 0.3) is 5.91 Å². The summed E-state index contributed by atoms with van der Waals surface area (Å²) in [5, 5.41) is 18.6. The lowest BCUT2D eigenvalue weighted by atomic mass is 9.84. The maximum Gasteiger partial charge on any atom is 0.262 e. The molecule has 0 radical (unpaired) electrons. The van der Waals surface area contributed by atoms with Crippen molar-refractivity contribution in [3.8, 4) is 0 Å². The molecule has 194 valence electrons. The van der Waals surface area contributed by atoms with E-state index in [1.807, 2.05) is 6.92 Å². The normalized spacial score (nSPS) is 11.7. The Morgan fingerprint density at radius 1 is 0.974 bits per heavy atom. The van der Waals surface area contributed by atoms with Gasteiger partial charge in [0.05, 0.1) is 11.1 Å². The molecule has 0 bridgehead atoms. The highest BCUT2D eigenvalue weighted by Crippen LogP contribution is 2.40. The van der Waals surface area contributed by atoms with Gasteiger partial charge in [0.1, 0.15) is 18.0 Å². The van der Waals surface area contributed by atoms with Crippen LogP contribution >= 0.6 is 0 Å². The van der Waals surface area contributed by atoms with Gasteiger partial charge in [-0.2, -0.15) is 9.37 Å². The van der Waals surface area contributed by atoms with Gasteiger partial charge in [-0.05, 0) is 32.0 Å². The lowest BCUT2D eigenvalue weighted by molar-refractivity contribution is 0.102. The summed E-state index contributed by atoms with van der Waals surface area (Å²) in [5.74, 6) is -3.79. The first-order valence-electron chi connectivity index (χ1n) is 11.8. The number of halogens is 3. The molecule has 3 aromatic heterocycles. The fraction of sp³-hybridized carbons (Fsp3) is 0.192. The minimum Gasteiger partial charge on any atom is -0.373 e. The average molecular weight is 522 g/mol. The van der Waals surface area contributed by atoms with Crippen molar-refractivity contribution in [3.05, 3.63) is 101 Å². The van der Waals surface area contributed by atoms with Crippen LogP contribution in [0.25, 0.3) is 11.2 Å². The van der Waals surface area contributed by atoms with E-state index in [9.17, 15) is 9.90 Å². The first-order valence-corrected chi connectivity index (χ1v) is 11.8. The third-order valence-electron chi connectivity index (χ3n) is 6.19. The molecule has 2 aromatic carbocycles. The molecule has 5 rings (SSSR count). The highest BCUT2D eigenvalue weighted by Gasteiger charge is 2.43. The number of aliphatic hydroxyl groups is 1. The lowest BCUT2D eigenvalue weighted by Gasteiger charge is -2.30. The van der Waals surface area contributed by atoms with Crippen molar-refractivity contribution in [3.63, 3.8) is 0 Å². The van der Waals surface area contributed by atoms with Crippen LogP contribution in [0.2, 0.25) is 0 Å². The molecule has 0 aliphatic heterocycles. The number of hydrogen-bond donors (Lipinski definition) is 2. The molecule has 0 saturated heterocycles. The molecule has 0 aliphatic carbocycles. The zero-order valence-electron chi connectivity index (χ0n) is 20.4. The first-order chi connectivity index (χ1) is 18.3. The van der Waals surface area contributed by atoms with Gasteiger partial charge in [0.15, 0.2) is 17.1 Å². The highest BCUT2D eigenvalue weighted by molar-refractivity contribution is 6.04. The van der Waals surface area contributed by atoms with Crippen LogP contribution in [-0.2, 0) is 18.7 Å². The van der Waals surface area contributed by atoms with E-state index in [0.717, 1.165) is 12.1 Å². The third-order valence-corrected chi connectivity index (χ3v) is 6.19. The van der Waals surface area contributed by atoms with E-state index < -0.39 is 34.7 Å². The molecule has 0 atom stereocenters. The summed E-state index contributed by atoms with van der Waals surface area (Å²) in [6.07, 6.45) is 1.41. The Bertz CT molecular complexity index is 1620. The summed E-state index contributed by atoms with van der Waals surface area (Å²) < 4.78 is 48.1. The summed E-state index contributed by atoms with van der Waals surface area (Å²) in [4.78, 5) is 25.0. The number of carbonyl (C=O) groups excluding carboxylic acids is 1. The molecule has 2 N–H and O–H groups in total. The van der Waals surface area contributed by atoms with Gasteiger partial charge in [-0.3, -0.25) is 14.8 Å². The van der Waals surface area contributed by atoms with E-state index in [4.69, 9.17) is 0 Å². The highest BCUT2D eigenvalue weighted by atomic mass is 19.1. The molecule has 0 spiro atoms. The van der Waals surface area contributed by atoms with E-state index in [1.54, 1.807) is 6.92 Å². The number of imidazole rings is 1. The fourth-order valence-electron chi connectivity index (χ4n) is 4.35. The number of carbonyl (C=O) groups is 1. The predicted octanol–water partition coefficient (Wildman–Crippen LogP) is 4.02. The Morgan fingerprint density at radius 2 is 1.61 bits per heavy atom. The second-order valence-electron chi connectivity index (χ2n) is 8.40. The maximum absolute atomic E-state index is 15.1. The smallest absolute Gasteiger partial charge is 0.262 e. The topological polar surface area (TPSA) is 111 Å². The van der Waals surface area contributed by atoms with Crippen LogP contribution in [0, 0.1) is 17.6 Å². The van der Waals surface area contributed by atoms with Crippen molar-refractivity contribution < 1.29 is 23.1 Å². The van der Waals surface area contributed by atoms with Crippen LogP contribution in [0.1, 0.15) is 41.2 Å². The maximum atomic E-state index is 15.1. The van der Waals surface area contributed by atoms with Crippen LogP contribution in [0.4, 0.5) is 19.1 Å². The molecule has 5 aromatic rings. The molecular formula is C26H22F3N7O2. The van der Waals surface area contributed by atoms with Crippen molar-refractivity contribution in [1.82, 2.24) is 29.3 Å². The summed E-state index contributed by atoms with van der Waals surface area (Å²) in [5.41, 5.74) is -3.34. The van der Waals surface area contributed by atoms with Crippen molar-refractivity contribution in [2.24, 2.45) is 0 Å². The number of anilines is 1. The predicted molar refractivity (Wildman–Crippen MR) is 132 cm³/mol. The Balaban J connectivity index is 1.70. The van der Waals surface area contributed by atoms with Gasteiger partial charge in [-0.1, -0.05) is 36.4 Å². The van der Waals surface area contributed by atoms with Crippen LogP contribution in [-0.4, -0.2) is 40.3 Å². The summed E-state index contributed by atoms with van der Waals surface area (Å²) >= 11 is 0. The van der Waals surface area contributed by atoms with Gasteiger partial charge in [0.2, 0.25) is 11.9 Å². The molecule has 38 heavy (non-hydrogen) atoms. The molecule has 0 fully saturated rings. The molecule has 12 heteroatoms. The fourth-order valence-corrected chi connectivity index (χ4v) is 4.35. The zero-order chi connectivity index (χ0) is 27.0. The van der Waals surface area contributed by atoms with Crippen LogP contribution in [0.3, 0.4) is 0 Å². The van der Waals surface area contributed by atoms with Gasteiger partial charge >= 0.3 is 0 Å². The Kier molecular flexibility index (Phi) is 6.41. The number of rotatable bonds is 7. The second kappa shape index (κ2) is 9.71. The number of pyridine rings is 1. The number of hydrogen-bond acceptors (Lipinski definition) is 6. The summed E-state index contributed by atoms with van der Waals surface area (Å²) in [6, 6.07) is 12.0. The standard InChI is InChI=1S/C26H22F3N7O2/c1-3-35-14-30-25(34-35)33-23(37)15-13-20-22(31-21(15)29)32-24(36(20)4-2)26(38,16-9-5-7-11-18(16)27)17-10-6-8-12-19(17)28/h5-14,38H,3-4H2,1-2H3,(H,33,34,37). The Labute approximate surface area is 214 Å². The first kappa shape index (κ1) is 25.1. The van der Waals surface area contributed by atoms with Crippen LogP contribution < -0.4 is 5.32 Å². The lowest BCUT2D eigenvalue weighted by Crippen LogP contribution is -2.34. The number of nitrogens with zero attached hydrogens (tertiary/aromatic N) is 6. The van der Waals surface area contributed by atoms with Crippen molar-refractivity contribution in [1.29, 1.82) is 0 Å². The third kappa shape index (κ3) is 4.08. The quantitative estimate of drug-likeness (QED) is 0.313. The number of nitrogens with one attached hydrogen (secondary N) is 1. The molecule has 1 amide bonds. The molecule has 0 unspecified atom stereocenters. The van der Waals surface area contributed by atoms with Crippen molar-refractivity contribution >= 4 is 23.0 Å². The minimum absolute atomic E-state index is 0.0190. The van der Waals surface area contributed by atoms with Gasteiger partial charge < -0.3 is 9.67 Å². The zero-order valence-corrected chi connectivity index (χ0v) is 20.4. The van der Waals surface area contributed by atoms with E-state index in [2.05, 4.69) is 25.4 Å². The molecule has 0 saturated carbocycles. The Hall–Kier alpha value is -4.58. The van der Waals surface area contributed by atoms with Crippen molar-refractivity contribution in [2.75, 3.05) is 5.32 Å². The van der Waals surface area contributed by atoms with E-state index >= 15 is 13.2 Å². The van der Waals surface area contributed by atoms with Crippen molar-refractivity contribution in [2.45, 2.75) is 32.5 Å². The number of aryl methyl sites for hydroxylation is 2. The van der Waals surface area contributed by atoms with E-state index in [0.29, 0.717) is 6.54 Å². The number of aromatic nitrogens is 6. The van der Waals surface area contributed by atoms with Gasteiger partial charge in [-0.25, -0.2) is 18.7 Å². The van der Waals surface area contributed by atoms with Crippen LogP contribution in [0.15, 0.2) is 60.9 Å². The second-order valence-corrected chi connectivity index (χ2v) is 8.40. The minimum atomic E-state index is -2.41. The van der Waals surface area contributed by atoms with Crippen LogP contribution in [0.5, 0.6) is 0 Å². The SMILES string of the molecule is CCn1cnc(NC(=O)c2cc3c(nc2F)nc(C(O)(c2ccccc2F)c2ccccc2F)n3CC)n1. The Morgan fingerprint density at radius 3 is 2.16 bits per heavy atom. The average Bonchev–Trinajstić information content (AvgIpc) is 3.52. The number of benzene rings is 2. The molecule has 3 heterocycles. The van der Waals surface area contributed by atoms with E-state index in [1.165, 1.54) is 58.0 Å². The summed E-state index contributed by atoms with van der Waals surface area (Å²) in [6.45, 7) is 4.22. The van der Waals surface area contributed by atoms with E-state index in [-0.39, 0.29) is 40.6 Å². The largest absolute Gasteiger partial charge is 0.373 e. The molecule has 9 nitrogen and oxygen atoms in total. The molecular weight excluding hydrogens is 499 g/mol. The monoisotopic (exact) mass is 521 g/mol. The number of fused-ring (bicyclic) bond motifs is 1. The summed E-state index contributed by atoms with van der Waals surface area (Å²) in [7, 11) is 0. The van der Waals surface area contributed by atoms with Gasteiger partial charge in [-0.15, -0.1) is 5.10 Å². The number of amides is 1.